The zero-order valence-electron chi connectivity index (χ0n) is 9.35. The van der Waals surface area contributed by atoms with Gasteiger partial charge in [-0.3, -0.25) is 0 Å². The Labute approximate surface area is 77.9 Å². The molecule has 0 amide bonds. The highest BCUT2D eigenvalue weighted by Gasteiger charge is 2.10. The van der Waals surface area contributed by atoms with E-state index < -0.39 is 0 Å². The van der Waals surface area contributed by atoms with Crippen LogP contribution >= 0.6 is 0 Å². The Morgan fingerprint density at radius 3 is 2.00 bits per heavy atom. The average Bonchev–Trinajstić information content (AvgIpc) is 2.11. The van der Waals surface area contributed by atoms with Crippen LogP contribution in [0.25, 0.3) is 0 Å². The van der Waals surface area contributed by atoms with Gasteiger partial charge in [0, 0.05) is 6.04 Å². The normalized spacial score (nSPS) is 18.8. The predicted molar refractivity (Wildman–Crippen MR) is 56.4 cm³/mol. The maximum Gasteiger partial charge on any atom is 0.00358 e. The van der Waals surface area contributed by atoms with Crippen LogP contribution in [0.1, 0.15) is 47.0 Å². The predicted octanol–water partition coefficient (Wildman–Crippen LogP) is 3.06. The highest BCUT2D eigenvalue weighted by molar-refractivity contribution is 4.64. The molecule has 0 aliphatic rings. The number of nitrogens with one attached hydrogen (secondary N) is 1. The summed E-state index contributed by atoms with van der Waals surface area (Å²) in [6, 6.07) is 0.677. The summed E-state index contributed by atoms with van der Waals surface area (Å²) >= 11 is 0. The topological polar surface area (TPSA) is 12.0 Å². The first-order chi connectivity index (χ1) is 5.61. The molecule has 0 bridgehead atoms. The summed E-state index contributed by atoms with van der Waals surface area (Å²) in [5.74, 6) is 1.76. The van der Waals surface area contributed by atoms with Gasteiger partial charge in [0.15, 0.2) is 0 Å². The van der Waals surface area contributed by atoms with Crippen LogP contribution in [0.3, 0.4) is 0 Å². The number of rotatable bonds is 6. The number of hydrogen-bond donors (Lipinski definition) is 1. The Kier molecular flexibility index (Phi) is 6.45. The van der Waals surface area contributed by atoms with Gasteiger partial charge in [-0.2, -0.15) is 0 Å². The van der Waals surface area contributed by atoms with E-state index in [4.69, 9.17) is 0 Å². The van der Waals surface area contributed by atoms with E-state index in [1.165, 1.54) is 19.3 Å². The molecule has 0 spiro atoms. The molecule has 0 heterocycles. The smallest absolute Gasteiger partial charge is 0.00358 e. The third-order valence-corrected chi connectivity index (χ3v) is 3.16. The second kappa shape index (κ2) is 6.47. The van der Waals surface area contributed by atoms with Crippen LogP contribution in [0.4, 0.5) is 0 Å². The molecule has 0 rings (SSSR count). The first kappa shape index (κ1) is 12.0. The zero-order valence-corrected chi connectivity index (χ0v) is 9.35. The van der Waals surface area contributed by atoms with E-state index in [1.807, 2.05) is 7.05 Å². The summed E-state index contributed by atoms with van der Waals surface area (Å²) in [6.45, 7) is 9.26. The molecule has 0 aromatic heterocycles. The molecule has 0 saturated carbocycles. The van der Waals surface area contributed by atoms with E-state index in [9.17, 15) is 0 Å². The molecule has 0 aromatic rings. The molecule has 1 nitrogen and oxygen atoms in total. The van der Waals surface area contributed by atoms with E-state index in [-0.39, 0.29) is 0 Å². The molecule has 1 heteroatoms. The number of hydrogen-bond acceptors (Lipinski definition) is 1. The molecular weight excluding hydrogens is 146 g/mol. The third kappa shape index (κ3) is 4.76. The Morgan fingerprint density at radius 1 is 1.00 bits per heavy atom. The SMILES string of the molecule is CCC(C)C(C)CCC(C)NC. The van der Waals surface area contributed by atoms with Crippen LogP contribution in [0.5, 0.6) is 0 Å². The molecule has 0 saturated heterocycles. The molecule has 3 unspecified atom stereocenters. The Bertz CT molecular complexity index is 101. The fourth-order valence-corrected chi connectivity index (χ4v) is 1.34. The first-order valence-electron chi connectivity index (χ1n) is 5.29. The summed E-state index contributed by atoms with van der Waals surface area (Å²) in [7, 11) is 2.04. The van der Waals surface area contributed by atoms with Gasteiger partial charge in [0.25, 0.3) is 0 Å². The highest BCUT2D eigenvalue weighted by atomic mass is 14.8. The Balaban J connectivity index is 3.49. The van der Waals surface area contributed by atoms with Crippen molar-refractivity contribution in [3.05, 3.63) is 0 Å². The minimum atomic E-state index is 0.677. The van der Waals surface area contributed by atoms with E-state index >= 15 is 0 Å². The van der Waals surface area contributed by atoms with Crippen LogP contribution in [-0.2, 0) is 0 Å². The first-order valence-corrected chi connectivity index (χ1v) is 5.29. The van der Waals surface area contributed by atoms with Crippen molar-refractivity contribution in [2.24, 2.45) is 11.8 Å². The van der Waals surface area contributed by atoms with Gasteiger partial charge >= 0.3 is 0 Å². The lowest BCUT2D eigenvalue weighted by Crippen LogP contribution is -2.22. The standard InChI is InChI=1S/C11H25N/c1-6-9(2)10(3)7-8-11(4)12-5/h9-12H,6-8H2,1-5H3. The molecule has 3 atom stereocenters. The quantitative estimate of drug-likeness (QED) is 0.647. The third-order valence-electron chi connectivity index (χ3n) is 3.16. The molecule has 0 aliphatic heterocycles. The lowest BCUT2D eigenvalue weighted by molar-refractivity contribution is 0.332. The summed E-state index contributed by atoms with van der Waals surface area (Å²) in [6.07, 6.45) is 3.98. The minimum absolute atomic E-state index is 0.677. The fraction of sp³-hybridized carbons (Fsp3) is 1.00. The van der Waals surface area contributed by atoms with Crippen molar-refractivity contribution in [1.29, 1.82) is 0 Å². The average molecular weight is 171 g/mol. The van der Waals surface area contributed by atoms with Crippen molar-refractivity contribution >= 4 is 0 Å². The second-order valence-corrected chi connectivity index (χ2v) is 4.13. The van der Waals surface area contributed by atoms with E-state index in [1.54, 1.807) is 0 Å². The highest BCUT2D eigenvalue weighted by Crippen LogP contribution is 2.20. The Hall–Kier alpha value is -0.0400. The molecule has 74 valence electrons. The van der Waals surface area contributed by atoms with E-state index in [0.717, 1.165) is 11.8 Å². The van der Waals surface area contributed by atoms with Gasteiger partial charge in [0.2, 0.25) is 0 Å². The molecule has 0 aliphatic carbocycles. The zero-order chi connectivity index (χ0) is 9.56. The van der Waals surface area contributed by atoms with Crippen LogP contribution in [0.15, 0.2) is 0 Å². The van der Waals surface area contributed by atoms with Crippen LogP contribution in [0, 0.1) is 11.8 Å². The molecule has 0 radical (unpaired) electrons. The lowest BCUT2D eigenvalue weighted by Gasteiger charge is -2.19. The monoisotopic (exact) mass is 171 g/mol. The second-order valence-electron chi connectivity index (χ2n) is 4.13. The summed E-state index contributed by atoms with van der Waals surface area (Å²) in [4.78, 5) is 0. The molecular formula is C11H25N. The van der Waals surface area contributed by atoms with Crippen molar-refractivity contribution < 1.29 is 0 Å². The summed E-state index contributed by atoms with van der Waals surface area (Å²) in [5, 5.41) is 3.28. The molecule has 12 heavy (non-hydrogen) atoms. The van der Waals surface area contributed by atoms with Crippen LogP contribution in [0.2, 0.25) is 0 Å². The van der Waals surface area contributed by atoms with Crippen molar-refractivity contribution in [1.82, 2.24) is 5.32 Å². The Morgan fingerprint density at radius 2 is 1.58 bits per heavy atom. The van der Waals surface area contributed by atoms with Crippen molar-refractivity contribution in [3.63, 3.8) is 0 Å². The lowest BCUT2D eigenvalue weighted by atomic mass is 9.89. The van der Waals surface area contributed by atoms with Gasteiger partial charge in [-0.05, 0) is 38.6 Å². The van der Waals surface area contributed by atoms with Crippen molar-refractivity contribution in [3.8, 4) is 0 Å². The summed E-state index contributed by atoms with van der Waals surface area (Å²) < 4.78 is 0. The van der Waals surface area contributed by atoms with Crippen molar-refractivity contribution in [2.75, 3.05) is 7.05 Å². The van der Waals surface area contributed by atoms with Gasteiger partial charge in [0.1, 0.15) is 0 Å². The van der Waals surface area contributed by atoms with Gasteiger partial charge in [-0.25, -0.2) is 0 Å². The van der Waals surface area contributed by atoms with Gasteiger partial charge in [0.05, 0.1) is 0 Å². The van der Waals surface area contributed by atoms with Crippen LogP contribution < -0.4 is 5.32 Å². The van der Waals surface area contributed by atoms with Crippen molar-refractivity contribution in [2.45, 2.75) is 53.0 Å². The molecule has 0 fully saturated rings. The maximum atomic E-state index is 3.28. The van der Waals surface area contributed by atoms with Gasteiger partial charge in [-0.15, -0.1) is 0 Å². The summed E-state index contributed by atoms with van der Waals surface area (Å²) in [5.41, 5.74) is 0. The minimum Gasteiger partial charge on any atom is -0.317 e. The van der Waals surface area contributed by atoms with E-state index in [2.05, 4.69) is 33.0 Å². The fourth-order valence-electron chi connectivity index (χ4n) is 1.34. The van der Waals surface area contributed by atoms with Crippen LogP contribution in [-0.4, -0.2) is 13.1 Å². The maximum absolute atomic E-state index is 3.28. The van der Waals surface area contributed by atoms with Gasteiger partial charge < -0.3 is 5.32 Å². The molecule has 1 N–H and O–H groups in total. The van der Waals surface area contributed by atoms with Gasteiger partial charge in [-0.1, -0.05) is 27.2 Å². The largest absolute Gasteiger partial charge is 0.317 e. The van der Waals surface area contributed by atoms with E-state index in [0.29, 0.717) is 6.04 Å². The molecule has 0 aromatic carbocycles.